The average Bonchev–Trinajstić information content (AvgIpc) is 2.43. The van der Waals surface area contributed by atoms with E-state index >= 15 is 0 Å². The van der Waals surface area contributed by atoms with Gasteiger partial charge in [-0.3, -0.25) is 0 Å². The van der Waals surface area contributed by atoms with Crippen molar-refractivity contribution in [2.45, 2.75) is 48.0 Å². The molecule has 0 unspecified atom stereocenters. The minimum absolute atomic E-state index is 0.492. The molecule has 4 bridgehead atoms. The third kappa shape index (κ3) is 0.693. The molecule has 0 heterocycles. The van der Waals surface area contributed by atoms with Crippen LogP contribution in [0.5, 0.6) is 0 Å². The summed E-state index contributed by atoms with van der Waals surface area (Å²) in [7, 11) is 0. The molecule has 4 aliphatic carbocycles. The van der Waals surface area contributed by atoms with Crippen molar-refractivity contribution in [2.24, 2.45) is 39.9 Å². The smallest absolute Gasteiger partial charge is 0.0115 e. The molecule has 0 aromatic heterocycles. The van der Waals surface area contributed by atoms with Crippen LogP contribution in [-0.2, 0) is 0 Å². The van der Waals surface area contributed by atoms with Crippen LogP contribution in [0.4, 0.5) is 0 Å². The van der Waals surface area contributed by atoms with E-state index < -0.39 is 0 Å². The van der Waals surface area contributed by atoms with E-state index in [2.05, 4.69) is 48.1 Å². The van der Waals surface area contributed by atoms with Gasteiger partial charge in [-0.25, -0.2) is 0 Å². The summed E-state index contributed by atoms with van der Waals surface area (Å²) >= 11 is 0. The van der Waals surface area contributed by atoms with Gasteiger partial charge in [0.05, 0.1) is 0 Å². The van der Waals surface area contributed by atoms with Gasteiger partial charge < -0.3 is 0 Å². The molecule has 0 nitrogen and oxygen atoms in total. The summed E-state index contributed by atoms with van der Waals surface area (Å²) < 4.78 is 0. The van der Waals surface area contributed by atoms with Crippen molar-refractivity contribution in [1.82, 2.24) is 0 Å². The van der Waals surface area contributed by atoms with Crippen molar-refractivity contribution in [3.05, 3.63) is 12.2 Å². The molecule has 7 atom stereocenters. The van der Waals surface area contributed by atoms with Gasteiger partial charge in [0, 0.05) is 0 Å². The lowest BCUT2D eigenvalue weighted by molar-refractivity contribution is -0.0735. The quantitative estimate of drug-likeness (QED) is 0.524. The third-order valence-electron chi connectivity index (χ3n) is 7.94. The topological polar surface area (TPSA) is 0 Å². The van der Waals surface area contributed by atoms with Crippen LogP contribution in [-0.4, -0.2) is 0 Å². The molecule has 0 aliphatic heterocycles. The van der Waals surface area contributed by atoms with E-state index in [1.165, 1.54) is 6.42 Å². The lowest BCUT2D eigenvalue weighted by Gasteiger charge is -2.61. The van der Waals surface area contributed by atoms with Gasteiger partial charge in [-0.05, 0) is 46.3 Å². The average molecular weight is 218 g/mol. The number of rotatable bonds is 0. The van der Waals surface area contributed by atoms with Gasteiger partial charge >= 0.3 is 0 Å². The first-order valence-corrected chi connectivity index (χ1v) is 6.90. The Morgan fingerprint density at radius 3 is 2.19 bits per heavy atom. The van der Waals surface area contributed by atoms with Crippen LogP contribution in [0.2, 0.25) is 0 Å². The summed E-state index contributed by atoms with van der Waals surface area (Å²) in [6.45, 7) is 19.5. The van der Waals surface area contributed by atoms with E-state index in [-0.39, 0.29) is 0 Å². The van der Waals surface area contributed by atoms with Crippen molar-refractivity contribution in [3.63, 3.8) is 0 Å². The Balaban J connectivity index is 2.28. The second-order valence-corrected chi connectivity index (χ2v) is 7.67. The largest absolute Gasteiger partial charge is 0.0993 e. The molecule has 0 amide bonds. The molecule has 16 heavy (non-hydrogen) atoms. The predicted molar refractivity (Wildman–Crippen MR) is 69.1 cm³/mol. The van der Waals surface area contributed by atoms with Gasteiger partial charge in [-0.2, -0.15) is 0 Å². The number of fused-ring (bicyclic) bond motifs is 1. The molecule has 4 rings (SSSR count). The summed E-state index contributed by atoms with van der Waals surface area (Å²) in [5.74, 6) is 3.18. The second-order valence-electron chi connectivity index (χ2n) is 7.67. The Bertz CT molecular complexity index is 381. The molecule has 0 radical (unpaired) electrons. The van der Waals surface area contributed by atoms with Gasteiger partial charge in [0.25, 0.3) is 0 Å². The molecular formula is C16H26. The Morgan fingerprint density at radius 2 is 1.69 bits per heavy atom. The molecular weight excluding hydrogens is 192 g/mol. The second kappa shape index (κ2) is 2.44. The molecule has 0 N–H and O–H groups in total. The van der Waals surface area contributed by atoms with Gasteiger partial charge in [0.1, 0.15) is 0 Å². The molecule has 0 spiro atoms. The van der Waals surface area contributed by atoms with E-state index in [4.69, 9.17) is 0 Å². The Hall–Kier alpha value is -0.260. The first-order chi connectivity index (χ1) is 7.21. The fourth-order valence-electron chi connectivity index (χ4n) is 6.57. The van der Waals surface area contributed by atoms with Crippen LogP contribution in [0.25, 0.3) is 0 Å². The van der Waals surface area contributed by atoms with Crippen LogP contribution in [0.1, 0.15) is 48.0 Å². The number of allylic oxidation sites excluding steroid dienone is 1. The zero-order valence-electron chi connectivity index (χ0n) is 11.7. The van der Waals surface area contributed by atoms with Crippen molar-refractivity contribution in [1.29, 1.82) is 0 Å². The maximum atomic E-state index is 4.46. The molecule has 90 valence electrons. The van der Waals surface area contributed by atoms with Crippen molar-refractivity contribution in [3.8, 4) is 0 Å². The van der Waals surface area contributed by atoms with E-state index in [0.29, 0.717) is 16.2 Å². The van der Waals surface area contributed by atoms with Crippen molar-refractivity contribution < 1.29 is 0 Å². The van der Waals surface area contributed by atoms with Gasteiger partial charge in [0.15, 0.2) is 0 Å². The monoisotopic (exact) mass is 218 g/mol. The molecule has 0 aromatic rings. The minimum Gasteiger partial charge on any atom is -0.0993 e. The van der Waals surface area contributed by atoms with Crippen molar-refractivity contribution >= 4 is 0 Å². The standard InChI is InChI=1S/C16H26/c1-9-10(2)15(6)8-14(5)12(4)16(15,7)11(3)13(9)14/h10-13H,1,8H2,2-7H3/t10-,11-,12-,13-,14+,15+,16+/m1/s1. The summed E-state index contributed by atoms with van der Waals surface area (Å²) in [5.41, 5.74) is 3.12. The molecule has 0 saturated heterocycles. The SMILES string of the molecule is C=C1[C@@H]2[C@@H](C)[C@@]3(C)[C@H](C)[C@]2(C)C[C@@]3(C)[C@@H]1C. The number of hydrogen-bond donors (Lipinski definition) is 0. The maximum Gasteiger partial charge on any atom is -0.0115 e. The summed E-state index contributed by atoms with van der Waals surface area (Å²) in [6, 6.07) is 0. The zero-order chi connectivity index (χ0) is 12.1. The van der Waals surface area contributed by atoms with E-state index in [0.717, 1.165) is 23.7 Å². The predicted octanol–water partition coefficient (Wildman–Crippen LogP) is 4.52. The molecule has 4 fully saturated rings. The highest BCUT2D eigenvalue weighted by Gasteiger charge is 2.77. The zero-order valence-corrected chi connectivity index (χ0v) is 11.7. The summed E-state index contributed by atoms with van der Waals surface area (Å²) in [4.78, 5) is 0. The van der Waals surface area contributed by atoms with Crippen LogP contribution in [0, 0.1) is 39.9 Å². The van der Waals surface area contributed by atoms with Crippen LogP contribution in [0.3, 0.4) is 0 Å². The molecule has 0 aromatic carbocycles. The summed E-state index contributed by atoms with van der Waals surface area (Å²) in [5, 5.41) is 0. The lowest BCUT2D eigenvalue weighted by Crippen LogP contribution is -2.54. The highest BCUT2D eigenvalue weighted by molar-refractivity contribution is 5.35. The Kier molecular flexibility index (Phi) is 1.66. The Labute approximate surface area is 101 Å². The molecule has 0 heteroatoms. The lowest BCUT2D eigenvalue weighted by atomic mass is 9.44. The first-order valence-electron chi connectivity index (χ1n) is 6.90. The highest BCUT2D eigenvalue weighted by Crippen LogP contribution is 2.83. The summed E-state index contributed by atoms with van der Waals surface area (Å²) in [6.07, 6.45) is 1.42. The van der Waals surface area contributed by atoms with E-state index in [1.807, 2.05) is 0 Å². The normalized spacial score (nSPS) is 68.0. The minimum atomic E-state index is 0.492. The Morgan fingerprint density at radius 1 is 1.12 bits per heavy atom. The third-order valence-corrected chi connectivity index (χ3v) is 7.94. The van der Waals surface area contributed by atoms with Crippen LogP contribution in [0.15, 0.2) is 12.2 Å². The molecule has 4 saturated carbocycles. The maximum absolute atomic E-state index is 4.46. The fraction of sp³-hybridized carbons (Fsp3) is 0.875. The van der Waals surface area contributed by atoms with E-state index in [9.17, 15) is 0 Å². The number of hydrogen-bond acceptors (Lipinski definition) is 0. The van der Waals surface area contributed by atoms with Gasteiger partial charge in [-0.1, -0.05) is 53.7 Å². The molecule has 4 aliphatic rings. The first kappa shape index (κ1) is 10.9. The van der Waals surface area contributed by atoms with Crippen molar-refractivity contribution in [2.75, 3.05) is 0 Å². The fourth-order valence-corrected chi connectivity index (χ4v) is 6.57. The van der Waals surface area contributed by atoms with Gasteiger partial charge in [-0.15, -0.1) is 0 Å². The van der Waals surface area contributed by atoms with Crippen LogP contribution >= 0.6 is 0 Å². The van der Waals surface area contributed by atoms with E-state index in [1.54, 1.807) is 5.57 Å². The highest BCUT2D eigenvalue weighted by atomic mass is 14.8. The van der Waals surface area contributed by atoms with Gasteiger partial charge in [0.2, 0.25) is 0 Å². The van der Waals surface area contributed by atoms with Crippen LogP contribution < -0.4 is 0 Å².